The van der Waals surface area contributed by atoms with Gasteiger partial charge in [-0.3, -0.25) is 4.79 Å². The molecule has 6 nitrogen and oxygen atoms in total. The highest BCUT2D eigenvalue weighted by Gasteiger charge is 2.28. The summed E-state index contributed by atoms with van der Waals surface area (Å²) in [5.41, 5.74) is 1.48. The van der Waals surface area contributed by atoms with Gasteiger partial charge in [-0.2, -0.15) is 4.31 Å². The van der Waals surface area contributed by atoms with Gasteiger partial charge in [-0.05, 0) is 73.2 Å². The fraction of sp³-hybridized carbons (Fsp3) is 0.346. The molecule has 0 bridgehead atoms. The number of methoxy groups -OCH3 is 1. The van der Waals surface area contributed by atoms with Gasteiger partial charge in [0.15, 0.2) is 0 Å². The lowest BCUT2D eigenvalue weighted by Gasteiger charge is -2.29. The minimum absolute atomic E-state index is 0.0405. The third-order valence-electron chi connectivity index (χ3n) is 6.19. The van der Waals surface area contributed by atoms with Crippen molar-refractivity contribution in [3.8, 4) is 5.75 Å². The summed E-state index contributed by atoms with van der Waals surface area (Å²) in [6, 6.07) is 18.1. The minimum atomic E-state index is -3.51. The molecule has 0 radical (unpaired) electrons. The number of nitrogens with zero attached hydrogens (tertiary/aromatic N) is 2. The Kier molecular flexibility index (Phi) is 7.70. The molecule has 4 rings (SSSR count). The maximum absolute atomic E-state index is 13.6. The lowest BCUT2D eigenvalue weighted by Crippen LogP contribution is -2.39. The van der Waals surface area contributed by atoms with Gasteiger partial charge in [0.25, 0.3) is 5.91 Å². The highest BCUT2D eigenvalue weighted by molar-refractivity contribution is 7.89. The predicted octanol–water partition coefficient (Wildman–Crippen LogP) is 4.81. The van der Waals surface area contributed by atoms with Crippen molar-refractivity contribution >= 4 is 27.3 Å². The maximum atomic E-state index is 13.6. The molecule has 1 atom stereocenters. The zero-order chi connectivity index (χ0) is 24.1. The van der Waals surface area contributed by atoms with Gasteiger partial charge in [-0.15, -0.1) is 11.3 Å². The Hall–Kier alpha value is -2.68. The number of carbonyl (C=O) groups is 1. The van der Waals surface area contributed by atoms with Crippen LogP contribution in [0.15, 0.2) is 70.9 Å². The largest absolute Gasteiger partial charge is 0.497 e. The fourth-order valence-electron chi connectivity index (χ4n) is 4.20. The number of thiophene rings is 1. The predicted molar refractivity (Wildman–Crippen MR) is 135 cm³/mol. The smallest absolute Gasteiger partial charge is 0.254 e. The molecule has 1 aliphatic heterocycles. The standard InChI is InChI=1S/C26H30N2O4S2/c1-20(18-24-6-5-17-33-24)28(19-21-7-11-23(32-2)12-8-21)26(29)22-9-13-25(14-10-22)34(30,31)27-15-3-4-16-27/h5-14,17,20H,3-4,15-16,18-19H2,1-2H3/t20-/m1/s1. The minimum Gasteiger partial charge on any atom is -0.497 e. The molecule has 0 N–H and O–H groups in total. The van der Waals surface area contributed by atoms with Crippen LogP contribution in [0.2, 0.25) is 0 Å². The Bertz CT molecular complexity index is 1180. The van der Waals surface area contributed by atoms with E-state index in [-0.39, 0.29) is 16.8 Å². The van der Waals surface area contributed by atoms with Gasteiger partial charge in [0.2, 0.25) is 10.0 Å². The molecule has 3 aromatic rings. The van der Waals surface area contributed by atoms with E-state index in [9.17, 15) is 13.2 Å². The Morgan fingerprint density at radius 2 is 1.74 bits per heavy atom. The first-order valence-electron chi connectivity index (χ1n) is 11.4. The molecule has 1 amide bonds. The zero-order valence-electron chi connectivity index (χ0n) is 19.5. The summed E-state index contributed by atoms with van der Waals surface area (Å²) in [5.74, 6) is 0.646. The molecule has 180 valence electrons. The number of benzene rings is 2. The van der Waals surface area contributed by atoms with Crippen LogP contribution in [0.4, 0.5) is 0 Å². The number of hydrogen-bond acceptors (Lipinski definition) is 5. The lowest BCUT2D eigenvalue weighted by atomic mass is 10.1. The zero-order valence-corrected chi connectivity index (χ0v) is 21.1. The number of sulfonamides is 1. The van der Waals surface area contributed by atoms with Gasteiger partial charge in [-0.1, -0.05) is 18.2 Å². The second-order valence-electron chi connectivity index (χ2n) is 8.55. The van der Waals surface area contributed by atoms with Crippen molar-refractivity contribution in [1.82, 2.24) is 9.21 Å². The molecule has 34 heavy (non-hydrogen) atoms. The molecular weight excluding hydrogens is 468 g/mol. The number of amides is 1. The van der Waals surface area contributed by atoms with Crippen LogP contribution in [-0.2, 0) is 23.0 Å². The highest BCUT2D eigenvalue weighted by atomic mass is 32.2. The maximum Gasteiger partial charge on any atom is 0.254 e. The molecule has 1 fully saturated rings. The molecule has 2 aromatic carbocycles. The van der Waals surface area contributed by atoms with E-state index in [1.165, 1.54) is 9.18 Å². The summed E-state index contributed by atoms with van der Waals surface area (Å²) in [6.07, 6.45) is 2.53. The van der Waals surface area contributed by atoms with E-state index in [1.807, 2.05) is 47.5 Å². The molecule has 0 spiro atoms. The van der Waals surface area contributed by atoms with Crippen LogP contribution in [0, 0.1) is 0 Å². The molecule has 0 aliphatic carbocycles. The second-order valence-corrected chi connectivity index (χ2v) is 11.5. The summed E-state index contributed by atoms with van der Waals surface area (Å²) in [7, 11) is -1.88. The number of hydrogen-bond donors (Lipinski definition) is 0. The summed E-state index contributed by atoms with van der Waals surface area (Å²) in [6.45, 7) is 3.61. The first-order valence-corrected chi connectivity index (χ1v) is 13.8. The molecule has 2 heterocycles. The quantitative estimate of drug-likeness (QED) is 0.424. The fourth-order valence-corrected chi connectivity index (χ4v) is 6.54. The average molecular weight is 499 g/mol. The van der Waals surface area contributed by atoms with Crippen LogP contribution < -0.4 is 4.74 Å². The van der Waals surface area contributed by atoms with Crippen molar-refractivity contribution in [3.63, 3.8) is 0 Å². The van der Waals surface area contributed by atoms with Gasteiger partial charge in [0, 0.05) is 42.5 Å². The van der Waals surface area contributed by atoms with E-state index in [2.05, 4.69) is 6.07 Å². The third kappa shape index (κ3) is 5.51. The second kappa shape index (κ2) is 10.7. The Morgan fingerprint density at radius 1 is 1.06 bits per heavy atom. The van der Waals surface area contributed by atoms with Crippen molar-refractivity contribution in [1.29, 1.82) is 0 Å². The van der Waals surface area contributed by atoms with E-state index in [0.29, 0.717) is 25.2 Å². The van der Waals surface area contributed by atoms with Crippen LogP contribution in [-0.4, -0.2) is 49.8 Å². The van der Waals surface area contributed by atoms with Gasteiger partial charge >= 0.3 is 0 Å². The average Bonchev–Trinajstić information content (AvgIpc) is 3.57. The van der Waals surface area contributed by atoms with Crippen molar-refractivity contribution < 1.29 is 17.9 Å². The molecule has 1 saturated heterocycles. The van der Waals surface area contributed by atoms with E-state index < -0.39 is 10.0 Å². The van der Waals surface area contributed by atoms with Gasteiger partial charge in [-0.25, -0.2) is 8.42 Å². The monoisotopic (exact) mass is 498 g/mol. The summed E-state index contributed by atoms with van der Waals surface area (Å²) in [5, 5.41) is 2.04. The van der Waals surface area contributed by atoms with Crippen LogP contribution in [0.3, 0.4) is 0 Å². The Morgan fingerprint density at radius 3 is 2.32 bits per heavy atom. The number of carbonyl (C=O) groups excluding carboxylic acids is 1. The van der Waals surface area contributed by atoms with Crippen molar-refractivity contribution in [2.75, 3.05) is 20.2 Å². The Labute approximate surface area is 205 Å². The molecular formula is C26H30N2O4S2. The molecule has 0 saturated carbocycles. The number of rotatable bonds is 9. The first kappa shape index (κ1) is 24.4. The molecule has 0 unspecified atom stereocenters. The van der Waals surface area contributed by atoms with Crippen molar-refractivity contribution in [2.45, 2.75) is 43.7 Å². The summed E-state index contributed by atoms with van der Waals surface area (Å²) < 4.78 is 32.5. The van der Waals surface area contributed by atoms with Gasteiger partial charge in [0.05, 0.1) is 12.0 Å². The van der Waals surface area contributed by atoms with Crippen molar-refractivity contribution in [3.05, 3.63) is 82.0 Å². The lowest BCUT2D eigenvalue weighted by molar-refractivity contribution is 0.0676. The highest BCUT2D eigenvalue weighted by Crippen LogP contribution is 2.24. The topological polar surface area (TPSA) is 66.9 Å². The van der Waals surface area contributed by atoms with E-state index in [1.54, 1.807) is 42.7 Å². The molecule has 1 aromatic heterocycles. The Balaban J connectivity index is 1.57. The van der Waals surface area contributed by atoms with E-state index in [4.69, 9.17) is 4.74 Å². The SMILES string of the molecule is COc1ccc(CN(C(=O)c2ccc(S(=O)(=O)N3CCCC3)cc2)[C@H](C)Cc2cccs2)cc1. The molecule has 8 heteroatoms. The van der Waals surface area contributed by atoms with Crippen LogP contribution in [0.5, 0.6) is 5.75 Å². The normalized spacial score (nSPS) is 15.2. The van der Waals surface area contributed by atoms with Crippen LogP contribution >= 0.6 is 11.3 Å². The first-order chi connectivity index (χ1) is 16.4. The third-order valence-corrected chi connectivity index (χ3v) is 9.00. The summed E-state index contributed by atoms with van der Waals surface area (Å²) >= 11 is 1.68. The molecule has 1 aliphatic rings. The van der Waals surface area contributed by atoms with Crippen LogP contribution in [0.1, 0.15) is 40.6 Å². The van der Waals surface area contributed by atoms with Gasteiger partial charge < -0.3 is 9.64 Å². The number of ether oxygens (including phenoxy) is 1. The van der Waals surface area contributed by atoms with Crippen LogP contribution in [0.25, 0.3) is 0 Å². The van der Waals surface area contributed by atoms with E-state index in [0.717, 1.165) is 30.6 Å². The van der Waals surface area contributed by atoms with Crippen molar-refractivity contribution in [2.24, 2.45) is 0 Å². The summed E-state index contributed by atoms with van der Waals surface area (Å²) in [4.78, 5) is 16.9. The van der Waals surface area contributed by atoms with Gasteiger partial charge in [0.1, 0.15) is 5.75 Å². The van der Waals surface area contributed by atoms with E-state index >= 15 is 0 Å².